The van der Waals surface area contributed by atoms with Gasteiger partial charge in [-0.1, -0.05) is 94.3 Å². The fourth-order valence-electron chi connectivity index (χ4n) is 6.83. The molecule has 0 unspecified atom stereocenters. The van der Waals surface area contributed by atoms with Crippen LogP contribution in [-0.2, 0) is 5.41 Å². The third-order valence-electron chi connectivity index (χ3n) is 8.55. The Labute approximate surface area is 209 Å². The molecule has 3 heterocycles. The van der Waals surface area contributed by atoms with Crippen molar-refractivity contribution in [2.24, 2.45) is 0 Å². The molecule has 0 bridgehead atoms. The molecule has 0 amide bonds. The molecule has 1 spiro atoms. The van der Waals surface area contributed by atoms with Crippen molar-refractivity contribution in [1.82, 2.24) is 4.98 Å². The molecule has 1 saturated heterocycles. The van der Waals surface area contributed by atoms with Gasteiger partial charge >= 0.3 is 0 Å². The fraction of sp³-hybridized carbons (Fsp3) is 0.242. The topological polar surface area (TPSA) is 12.9 Å². The summed E-state index contributed by atoms with van der Waals surface area (Å²) in [4.78, 5) is 5.09. The molecule has 4 aromatic rings. The molecule has 2 heteroatoms. The van der Waals surface area contributed by atoms with E-state index < -0.39 is 8.07 Å². The van der Waals surface area contributed by atoms with E-state index >= 15 is 0 Å². The van der Waals surface area contributed by atoms with Crippen molar-refractivity contribution in [2.75, 3.05) is 0 Å². The Morgan fingerprint density at radius 1 is 0.771 bits per heavy atom. The standard InChI is InChI=1S/C33H31NSi/c1-33(2,3)28-13-11-22(12-14-28)29-21-26-15-16-34-31(32(26)35(29)17-4-5-18-35)27-19-24-8-6-7-23-9-10-25(20-27)30(23)24/h6-16,19-21H,4-5,17-18H2,1-3H3. The average molecular weight is 470 g/mol. The summed E-state index contributed by atoms with van der Waals surface area (Å²) in [5, 5.41) is 5.93. The largest absolute Gasteiger partial charge is 0.256 e. The molecule has 0 atom stereocenters. The second kappa shape index (κ2) is 7.38. The Morgan fingerprint density at radius 2 is 1.54 bits per heavy atom. The van der Waals surface area contributed by atoms with Crippen LogP contribution < -0.4 is 5.19 Å². The van der Waals surface area contributed by atoms with Crippen LogP contribution in [0.15, 0.2) is 66.9 Å². The number of pyridine rings is 1. The van der Waals surface area contributed by atoms with Crippen LogP contribution in [-0.4, -0.2) is 13.1 Å². The zero-order chi connectivity index (χ0) is 23.8. The van der Waals surface area contributed by atoms with E-state index in [9.17, 15) is 0 Å². The highest BCUT2D eigenvalue weighted by Gasteiger charge is 2.48. The van der Waals surface area contributed by atoms with Crippen LogP contribution in [0.2, 0.25) is 12.1 Å². The van der Waals surface area contributed by atoms with E-state index in [2.05, 4.69) is 99.7 Å². The minimum absolute atomic E-state index is 0.177. The fourth-order valence-corrected chi connectivity index (χ4v) is 12.6. The van der Waals surface area contributed by atoms with Gasteiger partial charge in [-0.05, 0) is 84.7 Å². The first kappa shape index (κ1) is 21.1. The Morgan fingerprint density at radius 3 is 2.31 bits per heavy atom. The molecule has 7 rings (SSSR count). The summed E-state index contributed by atoms with van der Waals surface area (Å²) in [6.07, 6.45) is 11.8. The van der Waals surface area contributed by atoms with Gasteiger partial charge in [0.1, 0.15) is 8.07 Å². The summed E-state index contributed by atoms with van der Waals surface area (Å²) < 4.78 is 0. The normalized spacial score (nSPS) is 17.4. The molecule has 2 aliphatic heterocycles. The van der Waals surface area contributed by atoms with Crippen molar-refractivity contribution in [3.05, 3.63) is 94.7 Å². The summed E-state index contributed by atoms with van der Waals surface area (Å²) in [5.74, 6) is 0. The van der Waals surface area contributed by atoms with Gasteiger partial charge in [-0.25, -0.2) is 0 Å². The monoisotopic (exact) mass is 469 g/mol. The van der Waals surface area contributed by atoms with Gasteiger partial charge in [-0.15, -0.1) is 0 Å². The lowest BCUT2D eigenvalue weighted by molar-refractivity contribution is 0.590. The third kappa shape index (κ3) is 3.09. The van der Waals surface area contributed by atoms with Gasteiger partial charge in [0.2, 0.25) is 0 Å². The average Bonchev–Trinajstić information content (AvgIpc) is 3.58. The predicted molar refractivity (Wildman–Crippen MR) is 153 cm³/mol. The molecule has 1 aromatic heterocycles. The van der Waals surface area contributed by atoms with Crippen molar-refractivity contribution < 1.29 is 0 Å². The van der Waals surface area contributed by atoms with Crippen molar-refractivity contribution in [3.8, 4) is 11.3 Å². The van der Waals surface area contributed by atoms with Gasteiger partial charge in [0.05, 0.1) is 5.69 Å². The maximum atomic E-state index is 5.09. The lowest BCUT2D eigenvalue weighted by Gasteiger charge is -2.29. The molecule has 0 radical (unpaired) electrons. The molecule has 0 N–H and O–H groups in total. The lowest BCUT2D eigenvalue weighted by Crippen LogP contribution is -2.46. The maximum Gasteiger partial charge on any atom is 0.122 e. The molecule has 1 aliphatic carbocycles. The van der Waals surface area contributed by atoms with Crippen molar-refractivity contribution >= 4 is 47.5 Å². The van der Waals surface area contributed by atoms with E-state index in [1.54, 1.807) is 10.4 Å². The number of hydrogen-bond acceptors (Lipinski definition) is 1. The van der Waals surface area contributed by atoms with Crippen LogP contribution in [0.1, 0.15) is 61.4 Å². The van der Waals surface area contributed by atoms with Crippen molar-refractivity contribution in [3.63, 3.8) is 0 Å². The maximum absolute atomic E-state index is 5.09. The lowest BCUT2D eigenvalue weighted by atomic mass is 9.86. The number of fused-ring (bicyclic) bond motifs is 2. The van der Waals surface area contributed by atoms with E-state index in [0.717, 1.165) is 0 Å². The first-order chi connectivity index (χ1) is 16.9. The minimum atomic E-state index is -1.85. The third-order valence-corrected chi connectivity index (χ3v) is 13.9. The van der Waals surface area contributed by atoms with E-state index in [0.29, 0.717) is 0 Å². The van der Waals surface area contributed by atoms with Gasteiger partial charge in [-0.2, -0.15) is 0 Å². The quantitative estimate of drug-likeness (QED) is 0.237. The molecule has 1 nitrogen and oxygen atoms in total. The molecular formula is C33H31NSi. The summed E-state index contributed by atoms with van der Waals surface area (Å²) in [5.41, 5.74) is 9.61. The van der Waals surface area contributed by atoms with E-state index in [1.165, 1.54) is 74.8 Å². The van der Waals surface area contributed by atoms with Crippen LogP contribution in [0, 0.1) is 0 Å². The second-order valence-electron chi connectivity index (χ2n) is 11.6. The van der Waals surface area contributed by atoms with Gasteiger partial charge in [0.15, 0.2) is 0 Å². The van der Waals surface area contributed by atoms with Crippen LogP contribution in [0.5, 0.6) is 0 Å². The molecular weight excluding hydrogens is 438 g/mol. The van der Waals surface area contributed by atoms with Crippen molar-refractivity contribution in [1.29, 1.82) is 0 Å². The van der Waals surface area contributed by atoms with Crippen LogP contribution >= 0.6 is 0 Å². The van der Waals surface area contributed by atoms with Crippen molar-refractivity contribution in [2.45, 2.75) is 51.1 Å². The molecule has 172 valence electrons. The van der Waals surface area contributed by atoms with Crippen LogP contribution in [0.4, 0.5) is 0 Å². The zero-order valence-corrected chi connectivity index (χ0v) is 21.9. The van der Waals surface area contributed by atoms with Gasteiger partial charge in [0.25, 0.3) is 0 Å². The SMILES string of the molecule is CC(C)(C)c1ccc(C2=Cc3ccnc(-c4cc5c6c(cccc6c4)C=C5)c3[Si]23CCCC3)cc1. The number of nitrogens with zero attached hydrogens (tertiary/aromatic N) is 1. The van der Waals surface area contributed by atoms with Gasteiger partial charge in [-0.3, -0.25) is 4.98 Å². The molecule has 3 aromatic carbocycles. The smallest absolute Gasteiger partial charge is 0.122 e. The number of hydrogen-bond donors (Lipinski definition) is 0. The van der Waals surface area contributed by atoms with Gasteiger partial charge in [0, 0.05) is 11.8 Å². The van der Waals surface area contributed by atoms with Gasteiger partial charge < -0.3 is 0 Å². The van der Waals surface area contributed by atoms with E-state index in [-0.39, 0.29) is 5.41 Å². The highest BCUT2D eigenvalue weighted by atomic mass is 28.3. The van der Waals surface area contributed by atoms with Crippen LogP contribution in [0.25, 0.3) is 45.5 Å². The second-order valence-corrected chi connectivity index (χ2v) is 15.8. The van der Waals surface area contributed by atoms with Crippen LogP contribution in [0.3, 0.4) is 0 Å². The number of rotatable bonds is 2. The summed E-state index contributed by atoms with van der Waals surface area (Å²) in [6.45, 7) is 6.89. The summed E-state index contributed by atoms with van der Waals surface area (Å²) in [7, 11) is -1.85. The molecule has 35 heavy (non-hydrogen) atoms. The minimum Gasteiger partial charge on any atom is -0.256 e. The Balaban J connectivity index is 1.40. The predicted octanol–water partition coefficient (Wildman–Crippen LogP) is 8.23. The number of aromatic nitrogens is 1. The first-order valence-electron chi connectivity index (χ1n) is 13.0. The molecule has 1 fully saturated rings. The summed E-state index contributed by atoms with van der Waals surface area (Å²) in [6, 6.07) is 25.8. The number of benzene rings is 3. The highest BCUT2D eigenvalue weighted by Crippen LogP contribution is 2.47. The zero-order valence-electron chi connectivity index (χ0n) is 20.9. The first-order valence-corrected chi connectivity index (χ1v) is 15.4. The van der Waals surface area contributed by atoms with E-state index in [4.69, 9.17) is 4.98 Å². The Kier molecular flexibility index (Phi) is 4.45. The Hall–Kier alpha value is -3.23. The summed E-state index contributed by atoms with van der Waals surface area (Å²) >= 11 is 0. The molecule has 3 aliphatic rings. The highest BCUT2D eigenvalue weighted by molar-refractivity contribution is 7.09. The van der Waals surface area contributed by atoms with E-state index in [1.807, 2.05) is 6.20 Å². The molecule has 0 saturated carbocycles. The Bertz CT molecular complexity index is 1560.